The Morgan fingerprint density at radius 2 is 1.94 bits per heavy atom. The minimum atomic E-state index is -1.52. The topological polar surface area (TPSA) is 196 Å². The number of phenolic OH excluding ortho intramolecular Hbond substituents is 1. The maximum Gasteiger partial charge on any atom is 0.246 e. The molecule has 7 N–H and O–H groups in total. The van der Waals surface area contributed by atoms with Crippen LogP contribution in [0.1, 0.15) is 29.7 Å². The van der Waals surface area contributed by atoms with E-state index in [1.54, 1.807) is 6.07 Å². The van der Waals surface area contributed by atoms with Gasteiger partial charge in [0.25, 0.3) is 0 Å². The number of nitrogens with zero attached hydrogens (tertiary/aromatic N) is 1. The lowest BCUT2D eigenvalue weighted by atomic mass is 10.0. The SMILES string of the molecule is CNC(=O)[C@@H]1NC(=O)[C@H](CC#N)NC(=O)[C@H](N)[C@H](O)c2ccc(c(Cl)c2)Oc2cc1cc(O)c2OC. The molecule has 0 spiro atoms. The highest BCUT2D eigenvalue weighted by molar-refractivity contribution is 6.32. The quantitative estimate of drug-likeness (QED) is 0.336. The third-order valence-corrected chi connectivity index (χ3v) is 5.77. The van der Waals surface area contributed by atoms with Gasteiger partial charge < -0.3 is 41.4 Å². The van der Waals surface area contributed by atoms with Gasteiger partial charge in [-0.15, -0.1) is 0 Å². The second kappa shape index (κ2) is 11.1. The van der Waals surface area contributed by atoms with Gasteiger partial charge in [0, 0.05) is 7.05 Å². The van der Waals surface area contributed by atoms with Crippen molar-refractivity contribution in [2.45, 2.75) is 30.7 Å². The Morgan fingerprint density at radius 1 is 1.22 bits per heavy atom. The Labute approximate surface area is 210 Å². The largest absolute Gasteiger partial charge is 0.504 e. The number of nitrogens with two attached hydrogens (primary N) is 1. The number of nitriles is 1. The average molecular weight is 518 g/mol. The fourth-order valence-corrected chi connectivity index (χ4v) is 3.79. The maximum atomic E-state index is 13.0. The number of carbonyl (C=O) groups is 3. The summed E-state index contributed by atoms with van der Waals surface area (Å²) in [4.78, 5) is 38.4. The van der Waals surface area contributed by atoms with Gasteiger partial charge in [-0.3, -0.25) is 14.4 Å². The van der Waals surface area contributed by atoms with Gasteiger partial charge in [-0.1, -0.05) is 17.7 Å². The number of benzene rings is 2. The van der Waals surface area contributed by atoms with E-state index >= 15 is 0 Å². The normalized spacial score (nSPS) is 22.0. The van der Waals surface area contributed by atoms with E-state index in [0.717, 1.165) is 0 Å². The number of hydrogen-bond acceptors (Lipinski definition) is 9. The van der Waals surface area contributed by atoms with Gasteiger partial charge in [0.05, 0.1) is 24.6 Å². The predicted molar refractivity (Wildman–Crippen MR) is 126 cm³/mol. The number of likely N-dealkylation sites (N-methyl/N-ethyl adjacent to an activating group) is 1. The smallest absolute Gasteiger partial charge is 0.246 e. The van der Waals surface area contributed by atoms with E-state index in [1.165, 1.54) is 44.5 Å². The third kappa shape index (κ3) is 5.44. The fraction of sp³-hybridized carbons (Fsp3) is 0.304. The first-order chi connectivity index (χ1) is 17.1. The van der Waals surface area contributed by atoms with Crippen LogP contribution in [-0.4, -0.2) is 54.2 Å². The van der Waals surface area contributed by atoms with Crippen LogP contribution in [0, 0.1) is 11.3 Å². The van der Waals surface area contributed by atoms with E-state index < -0.39 is 54.1 Å². The molecule has 4 atom stereocenters. The first kappa shape index (κ1) is 26.6. The summed E-state index contributed by atoms with van der Waals surface area (Å²) >= 11 is 6.34. The Bertz CT molecular complexity index is 1230. The van der Waals surface area contributed by atoms with Gasteiger partial charge in [-0.05, 0) is 35.4 Å². The predicted octanol–water partition coefficient (Wildman–Crippen LogP) is 0.523. The van der Waals surface area contributed by atoms with E-state index in [4.69, 9.17) is 26.8 Å². The number of aliphatic hydroxyl groups is 1. The van der Waals surface area contributed by atoms with Crippen molar-refractivity contribution >= 4 is 29.3 Å². The first-order valence-corrected chi connectivity index (χ1v) is 11.0. The van der Waals surface area contributed by atoms with Crippen molar-refractivity contribution in [3.63, 3.8) is 0 Å². The Hall–Kier alpha value is -4.05. The number of fused-ring (bicyclic) bond motifs is 9. The second-order valence-electron chi connectivity index (χ2n) is 7.81. The zero-order valence-corrected chi connectivity index (χ0v) is 20.0. The minimum Gasteiger partial charge on any atom is -0.504 e. The van der Waals surface area contributed by atoms with E-state index in [-0.39, 0.29) is 33.4 Å². The number of methoxy groups -OCH3 is 1. The molecule has 4 bridgehead atoms. The molecule has 2 aromatic carbocycles. The number of ether oxygens (including phenoxy) is 2. The highest BCUT2D eigenvalue weighted by atomic mass is 35.5. The molecule has 13 heteroatoms. The number of amides is 3. The summed E-state index contributed by atoms with van der Waals surface area (Å²) in [6.07, 6.45) is -1.97. The number of phenols is 1. The van der Waals surface area contributed by atoms with Crippen LogP contribution in [0.5, 0.6) is 23.0 Å². The monoisotopic (exact) mass is 517 g/mol. The molecule has 0 aliphatic carbocycles. The summed E-state index contributed by atoms with van der Waals surface area (Å²) in [6.45, 7) is 0. The zero-order chi connectivity index (χ0) is 26.6. The molecule has 0 saturated heterocycles. The minimum absolute atomic E-state index is 0.0310. The van der Waals surface area contributed by atoms with Crippen LogP contribution in [0.15, 0.2) is 30.3 Å². The molecular weight excluding hydrogens is 494 g/mol. The molecule has 4 rings (SSSR count). The molecule has 190 valence electrons. The van der Waals surface area contributed by atoms with Crippen molar-refractivity contribution in [1.29, 1.82) is 5.26 Å². The number of halogens is 1. The van der Waals surface area contributed by atoms with Gasteiger partial charge in [-0.25, -0.2) is 0 Å². The average Bonchev–Trinajstić information content (AvgIpc) is 2.85. The van der Waals surface area contributed by atoms with Crippen LogP contribution in [0.2, 0.25) is 5.02 Å². The summed E-state index contributed by atoms with van der Waals surface area (Å²) < 4.78 is 11.1. The number of aromatic hydroxyl groups is 1. The van der Waals surface area contributed by atoms with E-state index in [2.05, 4.69) is 16.0 Å². The van der Waals surface area contributed by atoms with Crippen molar-refractivity contribution in [2.24, 2.45) is 5.73 Å². The Balaban J connectivity index is 2.22. The van der Waals surface area contributed by atoms with Crippen LogP contribution in [0.3, 0.4) is 0 Å². The van der Waals surface area contributed by atoms with Crippen molar-refractivity contribution in [1.82, 2.24) is 16.0 Å². The highest BCUT2D eigenvalue weighted by Crippen LogP contribution is 2.43. The molecule has 2 aliphatic rings. The summed E-state index contributed by atoms with van der Waals surface area (Å²) in [5.41, 5.74) is 6.20. The molecule has 3 amide bonds. The molecule has 0 aromatic heterocycles. The molecular formula is C23H24ClN5O7. The molecule has 0 unspecified atom stereocenters. The van der Waals surface area contributed by atoms with Crippen molar-refractivity contribution in [3.8, 4) is 29.1 Å². The number of nitrogens with one attached hydrogen (secondary N) is 3. The van der Waals surface area contributed by atoms with Crippen LogP contribution in [0.4, 0.5) is 0 Å². The van der Waals surface area contributed by atoms with E-state index in [0.29, 0.717) is 0 Å². The summed E-state index contributed by atoms with van der Waals surface area (Å²) in [5.74, 6) is -2.86. The lowest BCUT2D eigenvalue weighted by Crippen LogP contribution is -2.54. The molecule has 2 aromatic rings. The summed E-state index contributed by atoms with van der Waals surface area (Å²) in [6, 6.07) is 4.22. The number of carbonyl (C=O) groups excluding carboxylic acids is 3. The second-order valence-corrected chi connectivity index (χ2v) is 8.22. The first-order valence-electron chi connectivity index (χ1n) is 10.6. The van der Waals surface area contributed by atoms with Gasteiger partial charge in [0.1, 0.15) is 30.0 Å². The van der Waals surface area contributed by atoms with Crippen LogP contribution in [0.25, 0.3) is 0 Å². The maximum absolute atomic E-state index is 13.0. The lowest BCUT2D eigenvalue weighted by Gasteiger charge is -2.25. The number of hydrogen-bond donors (Lipinski definition) is 6. The van der Waals surface area contributed by atoms with Gasteiger partial charge in [0.2, 0.25) is 23.5 Å². The molecule has 12 nitrogen and oxygen atoms in total. The Kier molecular flexibility index (Phi) is 8.21. The van der Waals surface area contributed by atoms with E-state index in [9.17, 15) is 29.9 Å². The zero-order valence-electron chi connectivity index (χ0n) is 19.2. The van der Waals surface area contributed by atoms with Gasteiger partial charge >= 0.3 is 0 Å². The molecule has 0 saturated carbocycles. The molecule has 36 heavy (non-hydrogen) atoms. The van der Waals surface area contributed by atoms with E-state index in [1.807, 2.05) is 0 Å². The third-order valence-electron chi connectivity index (χ3n) is 5.48. The molecule has 2 heterocycles. The highest BCUT2D eigenvalue weighted by Gasteiger charge is 2.32. The van der Waals surface area contributed by atoms with Gasteiger partial charge in [-0.2, -0.15) is 5.26 Å². The number of rotatable bonds is 3. The summed E-state index contributed by atoms with van der Waals surface area (Å²) in [7, 11) is 2.63. The van der Waals surface area contributed by atoms with Crippen molar-refractivity contribution in [2.75, 3.05) is 14.2 Å². The van der Waals surface area contributed by atoms with Crippen molar-refractivity contribution < 1.29 is 34.1 Å². The molecule has 0 radical (unpaired) electrons. The van der Waals surface area contributed by atoms with Crippen LogP contribution in [-0.2, 0) is 14.4 Å². The molecule has 0 fully saturated rings. The van der Waals surface area contributed by atoms with Crippen LogP contribution < -0.4 is 31.2 Å². The van der Waals surface area contributed by atoms with Crippen LogP contribution >= 0.6 is 11.6 Å². The standard InChI is InChI=1S/C23H24ClN5O7/c1-27-23(34)18-11-8-14(30)20(35-2)16(9-11)36-15-4-3-10(7-12(15)24)19(31)17(26)22(33)28-13(5-6-25)21(32)29-18/h3-4,7-9,13,17-19,30-31H,5,26H2,1-2H3,(H,27,34)(H,28,33)(H,29,32)/t13-,17+,18+,19+/m0/s1. The number of aliphatic hydroxyl groups excluding tert-OH is 1. The fourth-order valence-electron chi connectivity index (χ4n) is 3.56. The summed E-state index contributed by atoms with van der Waals surface area (Å²) in [5, 5.41) is 37.6. The van der Waals surface area contributed by atoms with Gasteiger partial charge in [0.15, 0.2) is 11.5 Å². The van der Waals surface area contributed by atoms with Crippen molar-refractivity contribution in [3.05, 3.63) is 46.5 Å². The molecule has 2 aliphatic heterocycles. The Morgan fingerprint density at radius 3 is 2.56 bits per heavy atom. The lowest BCUT2D eigenvalue weighted by molar-refractivity contribution is -0.133.